The topological polar surface area (TPSA) is 86.7 Å². The van der Waals surface area contributed by atoms with Crippen LogP contribution in [-0.2, 0) is 16.2 Å². The number of allylic oxidation sites excluding steroid dienone is 2. The zero-order valence-electron chi connectivity index (χ0n) is 18.3. The maximum absolute atomic E-state index is 12.9. The number of amides is 2. The van der Waals surface area contributed by atoms with Gasteiger partial charge in [-0.1, -0.05) is 29.8 Å². The van der Waals surface area contributed by atoms with Crippen LogP contribution in [0.5, 0.6) is 23.0 Å². The van der Waals surface area contributed by atoms with Crippen LogP contribution in [0.25, 0.3) is 0 Å². The smallest absolute Gasteiger partial charge is 0.254 e. The summed E-state index contributed by atoms with van der Waals surface area (Å²) in [6.07, 6.45) is 6.39. The molecule has 2 aromatic rings. The molecule has 4 aliphatic rings. The van der Waals surface area contributed by atoms with Crippen molar-refractivity contribution in [3.63, 3.8) is 0 Å². The van der Waals surface area contributed by atoms with Crippen molar-refractivity contribution in [3.05, 3.63) is 58.6 Å². The van der Waals surface area contributed by atoms with E-state index >= 15 is 0 Å². The molecule has 2 amide bonds. The van der Waals surface area contributed by atoms with Crippen LogP contribution in [0.1, 0.15) is 17.5 Å². The van der Waals surface area contributed by atoms with Gasteiger partial charge in [0, 0.05) is 16.7 Å². The third-order valence-corrected chi connectivity index (χ3v) is 7.07. The quantitative estimate of drug-likeness (QED) is 0.355. The molecule has 2 fully saturated rings. The Balaban J connectivity index is 1.26. The molecule has 2 aliphatic heterocycles. The van der Waals surface area contributed by atoms with Crippen LogP contribution in [0, 0.1) is 23.7 Å². The SMILES string of the molecule is COc1cc(Cl)cc(C=NN2C(=O)[C@@H]3[C@H](C2=O)[C@H]2C=C[C@H]3C2)c1OCc1ccc2c(c1)OCO2. The van der Waals surface area contributed by atoms with Gasteiger partial charge in [-0.15, -0.1) is 0 Å². The van der Waals surface area contributed by atoms with E-state index in [1.54, 1.807) is 12.1 Å². The molecule has 9 heteroatoms. The Kier molecular flexibility index (Phi) is 4.99. The third kappa shape index (κ3) is 3.32. The van der Waals surface area contributed by atoms with Gasteiger partial charge in [-0.2, -0.15) is 10.1 Å². The molecule has 1 saturated carbocycles. The summed E-state index contributed by atoms with van der Waals surface area (Å²) in [7, 11) is 1.51. The molecule has 2 bridgehead atoms. The lowest BCUT2D eigenvalue weighted by Gasteiger charge is -2.15. The van der Waals surface area contributed by atoms with Gasteiger partial charge in [0.25, 0.3) is 11.8 Å². The molecule has 2 heterocycles. The Morgan fingerprint density at radius 2 is 1.82 bits per heavy atom. The minimum atomic E-state index is -0.310. The van der Waals surface area contributed by atoms with E-state index in [1.807, 2.05) is 30.4 Å². The summed E-state index contributed by atoms with van der Waals surface area (Å²) < 4.78 is 22.3. The number of methoxy groups -OCH3 is 1. The fourth-order valence-electron chi connectivity index (χ4n) is 5.30. The van der Waals surface area contributed by atoms with E-state index in [9.17, 15) is 9.59 Å². The second-order valence-corrected chi connectivity index (χ2v) is 9.17. The first-order chi connectivity index (χ1) is 16.5. The van der Waals surface area contributed by atoms with Crippen LogP contribution in [0.3, 0.4) is 0 Å². The average molecular weight is 481 g/mol. The summed E-state index contributed by atoms with van der Waals surface area (Å²) in [5.41, 5.74) is 1.36. The van der Waals surface area contributed by atoms with Crippen LogP contribution in [0.2, 0.25) is 5.02 Å². The number of benzene rings is 2. The monoisotopic (exact) mass is 480 g/mol. The van der Waals surface area contributed by atoms with Crippen LogP contribution in [0.15, 0.2) is 47.6 Å². The molecule has 0 aromatic heterocycles. The zero-order valence-corrected chi connectivity index (χ0v) is 19.0. The minimum absolute atomic E-state index is 0.124. The van der Waals surface area contributed by atoms with Gasteiger partial charge in [0.05, 0.1) is 25.2 Å². The molecule has 2 aliphatic carbocycles. The highest BCUT2D eigenvalue weighted by molar-refractivity contribution is 6.31. The number of hydrazone groups is 1. The van der Waals surface area contributed by atoms with E-state index in [0.717, 1.165) is 17.0 Å². The third-order valence-electron chi connectivity index (χ3n) is 6.85. The fraction of sp³-hybridized carbons (Fsp3) is 0.320. The molecule has 0 N–H and O–H groups in total. The van der Waals surface area contributed by atoms with Crippen molar-refractivity contribution in [2.45, 2.75) is 13.0 Å². The number of halogens is 1. The standard InChI is InChI=1S/C25H21ClN2O6/c1-31-20-9-17(26)8-16(23(20)32-11-13-2-5-18-19(6-13)34-12-33-18)10-27-28-24(29)21-14-3-4-15(7-14)22(21)25(28)30/h2-6,8-10,14-15,21-22H,7,11-12H2,1H3/t14-,15-,21-,22+/m0/s1. The van der Waals surface area contributed by atoms with Gasteiger partial charge in [-0.25, -0.2) is 0 Å². The molecule has 34 heavy (non-hydrogen) atoms. The first-order valence-corrected chi connectivity index (χ1v) is 11.4. The first kappa shape index (κ1) is 21.0. The maximum Gasteiger partial charge on any atom is 0.254 e. The summed E-state index contributed by atoms with van der Waals surface area (Å²) in [6.45, 7) is 0.411. The van der Waals surface area contributed by atoms with E-state index in [4.69, 9.17) is 30.5 Å². The maximum atomic E-state index is 12.9. The van der Waals surface area contributed by atoms with Gasteiger partial charge >= 0.3 is 0 Å². The van der Waals surface area contributed by atoms with Crippen molar-refractivity contribution >= 4 is 29.6 Å². The number of carbonyl (C=O) groups is 2. The van der Waals surface area contributed by atoms with Gasteiger partial charge in [-0.3, -0.25) is 9.59 Å². The second kappa shape index (κ2) is 8.06. The summed E-state index contributed by atoms with van der Waals surface area (Å²) in [5.74, 6) is 1.28. The van der Waals surface area contributed by atoms with E-state index < -0.39 is 0 Å². The van der Waals surface area contributed by atoms with Gasteiger partial charge in [0.1, 0.15) is 6.61 Å². The van der Waals surface area contributed by atoms with Crippen molar-refractivity contribution in [2.75, 3.05) is 13.9 Å². The normalized spacial score (nSPS) is 26.1. The van der Waals surface area contributed by atoms with Crippen molar-refractivity contribution in [3.8, 4) is 23.0 Å². The summed E-state index contributed by atoms with van der Waals surface area (Å²) in [4.78, 5) is 25.9. The molecule has 2 aromatic carbocycles. The summed E-state index contributed by atoms with van der Waals surface area (Å²) >= 11 is 6.28. The number of nitrogens with zero attached hydrogens (tertiary/aromatic N) is 2. The van der Waals surface area contributed by atoms with Crippen molar-refractivity contribution in [2.24, 2.45) is 28.8 Å². The van der Waals surface area contributed by atoms with E-state index in [1.165, 1.54) is 13.3 Å². The predicted octanol–water partition coefficient (Wildman–Crippen LogP) is 3.80. The summed E-state index contributed by atoms with van der Waals surface area (Å²) in [5, 5.41) is 5.67. The van der Waals surface area contributed by atoms with Crippen molar-refractivity contribution in [1.82, 2.24) is 5.01 Å². The zero-order chi connectivity index (χ0) is 23.4. The van der Waals surface area contributed by atoms with Gasteiger partial charge < -0.3 is 18.9 Å². The molecular formula is C25H21ClN2O6. The molecule has 174 valence electrons. The number of hydrogen-bond donors (Lipinski definition) is 0. The molecule has 8 nitrogen and oxygen atoms in total. The van der Waals surface area contributed by atoms with Crippen molar-refractivity contribution < 1.29 is 28.5 Å². The van der Waals surface area contributed by atoms with Crippen LogP contribution in [0.4, 0.5) is 0 Å². The molecule has 1 saturated heterocycles. The number of ether oxygens (including phenoxy) is 4. The fourth-order valence-corrected chi connectivity index (χ4v) is 5.51. The van der Waals surface area contributed by atoms with Crippen LogP contribution < -0.4 is 18.9 Å². The van der Waals surface area contributed by atoms with E-state index in [2.05, 4.69) is 5.10 Å². The lowest BCUT2D eigenvalue weighted by atomic mass is 9.85. The molecule has 0 radical (unpaired) electrons. The molecule has 4 atom stereocenters. The number of carbonyl (C=O) groups excluding carboxylic acids is 2. The molecule has 0 unspecified atom stereocenters. The van der Waals surface area contributed by atoms with Gasteiger partial charge in [-0.05, 0) is 42.0 Å². The second-order valence-electron chi connectivity index (χ2n) is 8.74. The summed E-state index contributed by atoms with van der Waals surface area (Å²) in [6, 6.07) is 8.84. The number of rotatable bonds is 6. The highest BCUT2D eigenvalue weighted by atomic mass is 35.5. The largest absolute Gasteiger partial charge is 0.493 e. The Morgan fingerprint density at radius 1 is 1.09 bits per heavy atom. The number of hydrogen-bond acceptors (Lipinski definition) is 7. The number of fused-ring (bicyclic) bond motifs is 6. The lowest BCUT2D eigenvalue weighted by molar-refractivity contribution is -0.140. The Morgan fingerprint density at radius 3 is 2.56 bits per heavy atom. The Labute approximate surface area is 200 Å². The highest BCUT2D eigenvalue weighted by Crippen LogP contribution is 2.52. The average Bonchev–Trinajstić information content (AvgIpc) is 3.61. The minimum Gasteiger partial charge on any atom is -0.493 e. The Bertz CT molecular complexity index is 1230. The molecular weight excluding hydrogens is 460 g/mol. The lowest BCUT2D eigenvalue weighted by Crippen LogP contribution is -2.28. The predicted molar refractivity (Wildman–Crippen MR) is 122 cm³/mol. The van der Waals surface area contributed by atoms with Gasteiger partial charge in [0.2, 0.25) is 6.79 Å². The number of imide groups is 1. The van der Waals surface area contributed by atoms with Gasteiger partial charge in [0.15, 0.2) is 23.0 Å². The van der Waals surface area contributed by atoms with Crippen LogP contribution in [-0.4, -0.2) is 36.9 Å². The first-order valence-electron chi connectivity index (χ1n) is 11.0. The van der Waals surface area contributed by atoms with Crippen molar-refractivity contribution in [1.29, 1.82) is 0 Å². The Hall–Kier alpha value is -3.52. The van der Waals surface area contributed by atoms with E-state index in [0.29, 0.717) is 33.6 Å². The van der Waals surface area contributed by atoms with Crippen LogP contribution >= 0.6 is 11.6 Å². The molecule has 0 spiro atoms. The molecule has 6 rings (SSSR count). The van der Waals surface area contributed by atoms with E-state index in [-0.39, 0.29) is 48.9 Å². The highest BCUT2D eigenvalue weighted by Gasteiger charge is 2.59.